The monoisotopic (exact) mass is 368 g/mol. The van der Waals surface area contributed by atoms with E-state index in [9.17, 15) is 9.59 Å². The number of imidazole rings is 1. The molecule has 0 saturated carbocycles. The van der Waals surface area contributed by atoms with Gasteiger partial charge in [-0.3, -0.25) is 9.69 Å². The van der Waals surface area contributed by atoms with E-state index in [0.717, 1.165) is 25.2 Å². The van der Waals surface area contributed by atoms with Gasteiger partial charge in [-0.15, -0.1) is 0 Å². The van der Waals surface area contributed by atoms with Crippen LogP contribution in [0.15, 0.2) is 42.7 Å². The summed E-state index contributed by atoms with van der Waals surface area (Å²) in [5.74, 6) is 1.44. The zero-order valence-electron chi connectivity index (χ0n) is 15.3. The summed E-state index contributed by atoms with van der Waals surface area (Å²) < 4.78 is 7.09. The number of aromatic nitrogens is 2. The highest BCUT2D eigenvalue weighted by atomic mass is 16.6. The molecule has 2 aliphatic rings. The fourth-order valence-corrected chi connectivity index (χ4v) is 3.81. The number of amides is 2. The minimum absolute atomic E-state index is 0.0000672. The van der Waals surface area contributed by atoms with Gasteiger partial charge in [-0.25, -0.2) is 9.78 Å². The molecule has 0 aliphatic carbocycles. The lowest BCUT2D eigenvalue weighted by molar-refractivity contribution is -0.132. The number of cyclic esters (lactones) is 1. The second-order valence-corrected chi connectivity index (χ2v) is 7.09. The molecule has 2 amide bonds. The summed E-state index contributed by atoms with van der Waals surface area (Å²) in [6.07, 6.45) is 5.28. The molecule has 7 nitrogen and oxygen atoms in total. The highest BCUT2D eigenvalue weighted by Crippen LogP contribution is 2.27. The number of likely N-dealkylation sites (tertiary alicyclic amines) is 1. The molecule has 4 rings (SSSR count). The quantitative estimate of drug-likeness (QED) is 0.810. The third kappa shape index (κ3) is 3.97. The van der Waals surface area contributed by atoms with Gasteiger partial charge < -0.3 is 14.2 Å². The van der Waals surface area contributed by atoms with Crippen molar-refractivity contribution >= 4 is 12.0 Å². The normalized spacial score (nSPS) is 18.0. The average Bonchev–Trinajstić information content (AvgIpc) is 3.32. The van der Waals surface area contributed by atoms with Crippen LogP contribution in [0.25, 0.3) is 0 Å². The minimum Gasteiger partial charge on any atom is -0.448 e. The Morgan fingerprint density at radius 3 is 2.63 bits per heavy atom. The van der Waals surface area contributed by atoms with Crippen molar-refractivity contribution in [2.75, 3.05) is 32.8 Å². The molecule has 0 radical (unpaired) electrons. The van der Waals surface area contributed by atoms with Crippen LogP contribution in [0.2, 0.25) is 0 Å². The molecule has 2 fully saturated rings. The van der Waals surface area contributed by atoms with Crippen LogP contribution in [-0.2, 0) is 16.1 Å². The highest BCUT2D eigenvalue weighted by molar-refractivity contribution is 5.83. The van der Waals surface area contributed by atoms with Gasteiger partial charge in [-0.05, 0) is 18.4 Å². The SMILES string of the molecule is O=C(CN1CCOC1=O)N1CCC(c2nccn2Cc2ccccc2)CC1. The smallest absolute Gasteiger partial charge is 0.410 e. The molecule has 27 heavy (non-hydrogen) atoms. The fourth-order valence-electron chi connectivity index (χ4n) is 3.81. The van der Waals surface area contributed by atoms with E-state index in [-0.39, 0.29) is 18.5 Å². The van der Waals surface area contributed by atoms with E-state index >= 15 is 0 Å². The predicted octanol–water partition coefficient (Wildman–Crippen LogP) is 2.09. The summed E-state index contributed by atoms with van der Waals surface area (Å²) in [5, 5.41) is 0. The molecule has 142 valence electrons. The van der Waals surface area contributed by atoms with E-state index in [1.54, 1.807) is 0 Å². The Kier molecular flexibility index (Phi) is 5.09. The lowest BCUT2D eigenvalue weighted by Gasteiger charge is -2.32. The molecule has 3 heterocycles. The van der Waals surface area contributed by atoms with Crippen LogP contribution in [0.4, 0.5) is 4.79 Å². The number of ether oxygens (including phenoxy) is 1. The first-order valence-corrected chi connectivity index (χ1v) is 9.45. The van der Waals surface area contributed by atoms with E-state index in [0.29, 0.717) is 32.2 Å². The molecular weight excluding hydrogens is 344 g/mol. The Morgan fingerprint density at radius 1 is 1.15 bits per heavy atom. The molecule has 0 N–H and O–H groups in total. The number of nitrogens with zero attached hydrogens (tertiary/aromatic N) is 4. The van der Waals surface area contributed by atoms with Gasteiger partial charge in [0, 0.05) is 37.9 Å². The molecule has 2 saturated heterocycles. The predicted molar refractivity (Wildman–Crippen MR) is 99.2 cm³/mol. The average molecular weight is 368 g/mol. The van der Waals surface area contributed by atoms with Crippen molar-refractivity contribution < 1.29 is 14.3 Å². The first-order valence-electron chi connectivity index (χ1n) is 9.45. The summed E-state index contributed by atoms with van der Waals surface area (Å²) in [7, 11) is 0. The van der Waals surface area contributed by atoms with Crippen LogP contribution < -0.4 is 0 Å². The lowest BCUT2D eigenvalue weighted by Crippen LogP contribution is -2.44. The number of carbonyl (C=O) groups is 2. The van der Waals surface area contributed by atoms with Crippen LogP contribution in [0.5, 0.6) is 0 Å². The van der Waals surface area contributed by atoms with Crippen molar-refractivity contribution in [1.29, 1.82) is 0 Å². The van der Waals surface area contributed by atoms with Gasteiger partial charge in [0.05, 0.1) is 6.54 Å². The van der Waals surface area contributed by atoms with Gasteiger partial charge in [0.15, 0.2) is 0 Å². The third-order valence-corrected chi connectivity index (χ3v) is 5.33. The van der Waals surface area contributed by atoms with Crippen molar-refractivity contribution in [3.63, 3.8) is 0 Å². The Bertz CT molecular complexity index is 797. The van der Waals surface area contributed by atoms with Gasteiger partial charge in [-0.1, -0.05) is 30.3 Å². The van der Waals surface area contributed by atoms with E-state index in [1.165, 1.54) is 10.5 Å². The molecule has 0 atom stereocenters. The van der Waals surface area contributed by atoms with Gasteiger partial charge in [0.25, 0.3) is 0 Å². The first-order chi connectivity index (χ1) is 13.2. The van der Waals surface area contributed by atoms with E-state index < -0.39 is 0 Å². The molecule has 1 aromatic carbocycles. The van der Waals surface area contributed by atoms with Crippen LogP contribution >= 0.6 is 0 Å². The first kappa shape index (κ1) is 17.6. The molecule has 7 heteroatoms. The molecule has 2 aliphatic heterocycles. The van der Waals surface area contributed by atoms with E-state index in [1.807, 2.05) is 35.5 Å². The van der Waals surface area contributed by atoms with Gasteiger partial charge >= 0.3 is 6.09 Å². The number of hydrogen-bond acceptors (Lipinski definition) is 4. The number of benzene rings is 1. The molecule has 0 unspecified atom stereocenters. The standard InChI is InChI=1S/C20H24N4O3/c25-18(15-24-12-13-27-20(24)26)22-9-6-17(7-10-22)19-21-8-11-23(19)14-16-4-2-1-3-5-16/h1-5,8,11,17H,6-7,9-10,12-15H2. The second kappa shape index (κ2) is 7.82. The molecular formula is C20H24N4O3. The molecule has 0 spiro atoms. The molecule has 2 aromatic rings. The Hall–Kier alpha value is -2.83. The van der Waals surface area contributed by atoms with Gasteiger partial charge in [0.1, 0.15) is 19.0 Å². The highest BCUT2D eigenvalue weighted by Gasteiger charge is 2.30. The molecule has 0 bridgehead atoms. The summed E-state index contributed by atoms with van der Waals surface area (Å²) in [5.41, 5.74) is 1.25. The fraction of sp³-hybridized carbons (Fsp3) is 0.450. The summed E-state index contributed by atoms with van der Waals surface area (Å²) in [6, 6.07) is 10.4. The Balaban J connectivity index is 1.34. The second-order valence-electron chi connectivity index (χ2n) is 7.09. The number of rotatable bonds is 5. The largest absolute Gasteiger partial charge is 0.448 e. The van der Waals surface area contributed by atoms with E-state index in [2.05, 4.69) is 21.7 Å². The van der Waals surface area contributed by atoms with Crippen molar-refractivity contribution in [2.24, 2.45) is 0 Å². The lowest BCUT2D eigenvalue weighted by atomic mass is 9.95. The number of carbonyl (C=O) groups excluding carboxylic acids is 2. The van der Waals surface area contributed by atoms with Crippen molar-refractivity contribution in [2.45, 2.75) is 25.3 Å². The number of hydrogen-bond donors (Lipinski definition) is 0. The third-order valence-electron chi connectivity index (χ3n) is 5.33. The summed E-state index contributed by atoms with van der Waals surface area (Å²) >= 11 is 0. The van der Waals surface area contributed by atoms with E-state index in [4.69, 9.17) is 4.74 Å². The maximum absolute atomic E-state index is 12.5. The minimum atomic E-state index is -0.388. The maximum Gasteiger partial charge on any atom is 0.410 e. The zero-order valence-corrected chi connectivity index (χ0v) is 15.3. The van der Waals surface area contributed by atoms with Crippen LogP contribution in [-0.4, -0.2) is 64.1 Å². The zero-order chi connectivity index (χ0) is 18.6. The molecule has 1 aromatic heterocycles. The number of piperidine rings is 1. The van der Waals surface area contributed by atoms with Crippen LogP contribution in [0.3, 0.4) is 0 Å². The topological polar surface area (TPSA) is 67.7 Å². The van der Waals surface area contributed by atoms with Crippen molar-refractivity contribution in [3.05, 3.63) is 54.1 Å². The van der Waals surface area contributed by atoms with Crippen molar-refractivity contribution in [3.8, 4) is 0 Å². The van der Waals surface area contributed by atoms with Gasteiger partial charge in [-0.2, -0.15) is 0 Å². The summed E-state index contributed by atoms with van der Waals surface area (Å²) in [6.45, 7) is 3.20. The van der Waals surface area contributed by atoms with Crippen LogP contribution in [0.1, 0.15) is 30.1 Å². The van der Waals surface area contributed by atoms with Gasteiger partial charge in [0.2, 0.25) is 5.91 Å². The van der Waals surface area contributed by atoms with Crippen molar-refractivity contribution in [1.82, 2.24) is 19.4 Å². The Morgan fingerprint density at radius 2 is 1.93 bits per heavy atom. The van der Waals surface area contributed by atoms with Crippen LogP contribution in [0, 0.1) is 0 Å². The Labute approximate surface area is 158 Å². The maximum atomic E-state index is 12.5. The summed E-state index contributed by atoms with van der Waals surface area (Å²) in [4.78, 5) is 31.9.